The third-order valence-corrected chi connectivity index (χ3v) is 2.37. The number of benzene rings is 2. The van der Waals surface area contributed by atoms with Crippen LogP contribution in [0, 0.1) is 11.6 Å². The molecule has 18 heavy (non-hydrogen) atoms. The molecule has 0 unspecified atom stereocenters. The predicted octanol–water partition coefficient (Wildman–Crippen LogP) is 3.86. The highest BCUT2D eigenvalue weighted by atomic mass is 19.1. The first-order valence-electron chi connectivity index (χ1n) is 5.39. The van der Waals surface area contributed by atoms with Gasteiger partial charge in [-0.2, -0.15) is 0 Å². The average Bonchev–Trinajstić information content (AvgIpc) is 2.36. The van der Waals surface area contributed by atoms with E-state index in [4.69, 9.17) is 0 Å². The van der Waals surface area contributed by atoms with Crippen LogP contribution >= 0.6 is 0 Å². The molecule has 2 rings (SSSR count). The topological polar surface area (TPSA) is 17.1 Å². The number of hydrogen-bond donors (Lipinski definition) is 0. The van der Waals surface area contributed by atoms with E-state index in [1.165, 1.54) is 12.2 Å². The second kappa shape index (κ2) is 5.36. The average molecular weight is 244 g/mol. The fraction of sp³-hybridized carbons (Fsp3) is 0. The number of halogens is 2. The zero-order chi connectivity index (χ0) is 13.0. The number of rotatable bonds is 3. The molecule has 0 fully saturated rings. The Morgan fingerprint density at radius 3 is 2.17 bits per heavy atom. The molecule has 0 aliphatic rings. The third-order valence-electron chi connectivity index (χ3n) is 2.37. The van der Waals surface area contributed by atoms with E-state index in [0.717, 1.165) is 18.2 Å². The van der Waals surface area contributed by atoms with Gasteiger partial charge in [0.2, 0.25) is 0 Å². The third kappa shape index (κ3) is 3.10. The quantitative estimate of drug-likeness (QED) is 0.592. The molecule has 0 aliphatic carbocycles. The lowest BCUT2D eigenvalue weighted by molar-refractivity contribution is 0.104. The highest BCUT2D eigenvalue weighted by molar-refractivity contribution is 6.06. The van der Waals surface area contributed by atoms with Crippen LogP contribution in [0.3, 0.4) is 0 Å². The molecule has 0 aliphatic heterocycles. The molecule has 0 radical (unpaired) electrons. The van der Waals surface area contributed by atoms with Gasteiger partial charge in [-0.05, 0) is 23.8 Å². The summed E-state index contributed by atoms with van der Waals surface area (Å²) in [5.74, 6) is -1.54. The van der Waals surface area contributed by atoms with Crippen LogP contribution in [-0.4, -0.2) is 5.78 Å². The van der Waals surface area contributed by atoms with Crippen molar-refractivity contribution in [3.8, 4) is 0 Å². The lowest BCUT2D eigenvalue weighted by atomic mass is 10.1. The molecule has 2 aromatic rings. The SMILES string of the molecule is O=C(/C=C/c1cc(F)cc(F)c1)c1ccccc1. The van der Waals surface area contributed by atoms with Gasteiger partial charge in [0.1, 0.15) is 11.6 Å². The van der Waals surface area contributed by atoms with Crippen LogP contribution in [0.5, 0.6) is 0 Å². The minimum Gasteiger partial charge on any atom is -0.289 e. The van der Waals surface area contributed by atoms with E-state index in [0.29, 0.717) is 11.1 Å². The molecule has 0 spiro atoms. The van der Waals surface area contributed by atoms with Gasteiger partial charge in [0, 0.05) is 11.6 Å². The number of carbonyl (C=O) groups is 1. The first kappa shape index (κ1) is 12.2. The van der Waals surface area contributed by atoms with Gasteiger partial charge in [-0.25, -0.2) is 8.78 Å². The molecule has 3 heteroatoms. The standard InChI is InChI=1S/C15H10F2O/c16-13-8-11(9-14(17)10-13)6-7-15(18)12-4-2-1-3-5-12/h1-10H/b7-6+. The second-order valence-electron chi connectivity index (χ2n) is 3.77. The van der Waals surface area contributed by atoms with Crippen LogP contribution in [0.1, 0.15) is 15.9 Å². The number of ketones is 1. The van der Waals surface area contributed by atoms with E-state index in [9.17, 15) is 13.6 Å². The van der Waals surface area contributed by atoms with Crippen molar-refractivity contribution < 1.29 is 13.6 Å². The van der Waals surface area contributed by atoms with Gasteiger partial charge >= 0.3 is 0 Å². The Morgan fingerprint density at radius 1 is 0.944 bits per heavy atom. The Bertz CT molecular complexity index is 568. The lowest BCUT2D eigenvalue weighted by Gasteiger charge is -1.96. The smallest absolute Gasteiger partial charge is 0.185 e. The van der Waals surface area contributed by atoms with Gasteiger partial charge < -0.3 is 0 Å². The van der Waals surface area contributed by atoms with E-state index < -0.39 is 11.6 Å². The van der Waals surface area contributed by atoms with Crippen LogP contribution in [0.25, 0.3) is 6.08 Å². The molecule has 90 valence electrons. The molecule has 1 nitrogen and oxygen atoms in total. The largest absolute Gasteiger partial charge is 0.289 e. The first-order chi connectivity index (χ1) is 8.65. The van der Waals surface area contributed by atoms with Crippen molar-refractivity contribution in [1.82, 2.24) is 0 Å². The Kier molecular flexibility index (Phi) is 3.63. The van der Waals surface area contributed by atoms with Crippen molar-refractivity contribution >= 4 is 11.9 Å². The summed E-state index contributed by atoms with van der Waals surface area (Å²) in [5, 5.41) is 0. The summed E-state index contributed by atoms with van der Waals surface area (Å²) in [6.45, 7) is 0. The highest BCUT2D eigenvalue weighted by Crippen LogP contribution is 2.10. The van der Waals surface area contributed by atoms with Crippen LogP contribution in [-0.2, 0) is 0 Å². The number of carbonyl (C=O) groups excluding carboxylic acids is 1. The van der Waals surface area contributed by atoms with Crippen LogP contribution < -0.4 is 0 Å². The van der Waals surface area contributed by atoms with Gasteiger partial charge in [-0.15, -0.1) is 0 Å². The molecule has 0 aromatic heterocycles. The molecule has 0 heterocycles. The summed E-state index contributed by atoms with van der Waals surface area (Å²) >= 11 is 0. The lowest BCUT2D eigenvalue weighted by Crippen LogP contribution is -1.93. The minimum atomic E-state index is -0.665. The van der Waals surface area contributed by atoms with Gasteiger partial charge in [0.05, 0.1) is 0 Å². The van der Waals surface area contributed by atoms with Gasteiger partial charge in [0.25, 0.3) is 0 Å². The maximum absolute atomic E-state index is 12.9. The van der Waals surface area contributed by atoms with Crippen LogP contribution in [0.2, 0.25) is 0 Å². The maximum Gasteiger partial charge on any atom is 0.185 e. The zero-order valence-electron chi connectivity index (χ0n) is 9.44. The van der Waals surface area contributed by atoms with E-state index in [-0.39, 0.29) is 5.78 Å². The second-order valence-corrected chi connectivity index (χ2v) is 3.77. The van der Waals surface area contributed by atoms with Crippen molar-refractivity contribution in [1.29, 1.82) is 0 Å². The minimum absolute atomic E-state index is 0.208. The van der Waals surface area contributed by atoms with Crippen molar-refractivity contribution in [3.63, 3.8) is 0 Å². The molecule has 0 atom stereocenters. The monoisotopic (exact) mass is 244 g/mol. The summed E-state index contributed by atoms with van der Waals surface area (Å²) in [4.78, 5) is 11.7. The zero-order valence-corrected chi connectivity index (χ0v) is 9.44. The summed E-state index contributed by atoms with van der Waals surface area (Å²) in [5.41, 5.74) is 0.849. The van der Waals surface area contributed by atoms with Gasteiger partial charge in [-0.3, -0.25) is 4.79 Å². The molecule has 0 N–H and O–H groups in total. The molecular weight excluding hydrogens is 234 g/mol. The molecule has 2 aromatic carbocycles. The van der Waals surface area contributed by atoms with Crippen LogP contribution in [0.15, 0.2) is 54.6 Å². The molecule has 0 saturated heterocycles. The summed E-state index contributed by atoms with van der Waals surface area (Å²) in [6.07, 6.45) is 2.69. The molecule has 0 bridgehead atoms. The van der Waals surface area contributed by atoms with E-state index in [1.54, 1.807) is 24.3 Å². The Hall–Kier alpha value is -2.29. The Morgan fingerprint density at radius 2 is 1.56 bits per heavy atom. The number of hydrogen-bond acceptors (Lipinski definition) is 1. The van der Waals surface area contributed by atoms with Crippen molar-refractivity contribution in [3.05, 3.63) is 77.4 Å². The van der Waals surface area contributed by atoms with Gasteiger partial charge in [0.15, 0.2) is 5.78 Å². The van der Waals surface area contributed by atoms with E-state index in [1.807, 2.05) is 6.07 Å². The van der Waals surface area contributed by atoms with E-state index in [2.05, 4.69) is 0 Å². The fourth-order valence-electron chi connectivity index (χ4n) is 1.54. The summed E-state index contributed by atoms with van der Waals surface area (Å²) < 4.78 is 25.8. The van der Waals surface area contributed by atoms with Crippen molar-refractivity contribution in [2.75, 3.05) is 0 Å². The molecule has 0 amide bonds. The first-order valence-corrected chi connectivity index (χ1v) is 5.39. The summed E-state index contributed by atoms with van der Waals surface area (Å²) in [7, 11) is 0. The number of allylic oxidation sites excluding steroid dienone is 1. The fourth-order valence-corrected chi connectivity index (χ4v) is 1.54. The predicted molar refractivity (Wildman–Crippen MR) is 66.2 cm³/mol. The van der Waals surface area contributed by atoms with E-state index >= 15 is 0 Å². The maximum atomic E-state index is 12.9. The van der Waals surface area contributed by atoms with Crippen molar-refractivity contribution in [2.45, 2.75) is 0 Å². The van der Waals surface area contributed by atoms with Crippen LogP contribution in [0.4, 0.5) is 8.78 Å². The van der Waals surface area contributed by atoms with Gasteiger partial charge in [-0.1, -0.05) is 36.4 Å². The molecular formula is C15H10F2O. The highest BCUT2D eigenvalue weighted by Gasteiger charge is 2.01. The Balaban J connectivity index is 2.18. The summed E-state index contributed by atoms with van der Waals surface area (Å²) in [6, 6.07) is 11.8. The molecule has 0 saturated carbocycles. The Labute approximate surface area is 103 Å². The van der Waals surface area contributed by atoms with Crippen molar-refractivity contribution in [2.24, 2.45) is 0 Å². The normalized spacial score (nSPS) is 10.8.